The zero-order valence-corrected chi connectivity index (χ0v) is 13.6. The van der Waals surface area contributed by atoms with Crippen LogP contribution in [0.1, 0.15) is 32.8 Å². The molecule has 1 unspecified atom stereocenters. The number of rotatable bonds is 6. The summed E-state index contributed by atoms with van der Waals surface area (Å²) in [6, 6.07) is 8.05. The van der Waals surface area contributed by atoms with Gasteiger partial charge in [-0.25, -0.2) is 0 Å². The smallest absolute Gasteiger partial charge is 0.230 e. The summed E-state index contributed by atoms with van der Waals surface area (Å²) in [5.74, 6) is 0.426. The first kappa shape index (κ1) is 17.1. The van der Waals surface area contributed by atoms with Gasteiger partial charge in [0, 0.05) is 17.5 Å². The second-order valence-corrected chi connectivity index (χ2v) is 7.07. The highest BCUT2D eigenvalue weighted by molar-refractivity contribution is 8.00. The fourth-order valence-corrected chi connectivity index (χ4v) is 2.79. The van der Waals surface area contributed by atoms with E-state index in [-0.39, 0.29) is 24.0 Å². The summed E-state index contributed by atoms with van der Waals surface area (Å²) >= 11 is 1.55. The van der Waals surface area contributed by atoms with E-state index in [9.17, 15) is 4.79 Å². The van der Waals surface area contributed by atoms with E-state index in [0.717, 1.165) is 4.90 Å². The fraction of sp³-hybridized carbons (Fsp3) is 0.562. The maximum atomic E-state index is 12.0. The number of amides is 1. The lowest BCUT2D eigenvalue weighted by molar-refractivity contribution is -0.120. The number of aryl methyl sites for hydroxylation is 1. The molecule has 1 amide bonds. The van der Waals surface area contributed by atoms with Crippen LogP contribution in [0.15, 0.2) is 29.2 Å². The Hall–Kier alpha value is -1.00. The van der Waals surface area contributed by atoms with Gasteiger partial charge >= 0.3 is 0 Å². The average Bonchev–Trinajstić information content (AvgIpc) is 2.36. The molecule has 0 radical (unpaired) electrons. The number of hydrogen-bond donors (Lipinski definition) is 2. The van der Waals surface area contributed by atoms with Gasteiger partial charge in [-0.3, -0.25) is 4.79 Å². The van der Waals surface area contributed by atoms with Gasteiger partial charge in [0.15, 0.2) is 0 Å². The van der Waals surface area contributed by atoms with E-state index in [1.54, 1.807) is 11.8 Å². The number of hydrogen-bond acceptors (Lipinski definition) is 3. The third-order valence-electron chi connectivity index (χ3n) is 3.25. The quantitative estimate of drug-likeness (QED) is 0.793. The molecule has 1 aromatic carbocycles. The van der Waals surface area contributed by atoms with Crippen molar-refractivity contribution >= 4 is 17.7 Å². The number of benzene rings is 1. The van der Waals surface area contributed by atoms with E-state index in [0.29, 0.717) is 12.2 Å². The van der Waals surface area contributed by atoms with Gasteiger partial charge in [-0.1, -0.05) is 39.0 Å². The first-order valence-corrected chi connectivity index (χ1v) is 7.92. The van der Waals surface area contributed by atoms with Crippen LogP contribution in [-0.4, -0.2) is 29.4 Å². The number of aliphatic hydroxyl groups is 1. The molecule has 1 atom stereocenters. The molecule has 3 nitrogen and oxygen atoms in total. The Morgan fingerprint density at radius 2 is 2.00 bits per heavy atom. The van der Waals surface area contributed by atoms with E-state index in [4.69, 9.17) is 5.11 Å². The highest BCUT2D eigenvalue weighted by Crippen LogP contribution is 2.23. The molecule has 0 aliphatic rings. The molecule has 0 aliphatic carbocycles. The van der Waals surface area contributed by atoms with Crippen LogP contribution >= 0.6 is 11.8 Å². The Labute approximate surface area is 126 Å². The summed E-state index contributed by atoms with van der Waals surface area (Å²) in [6.45, 7) is 8.35. The standard InChI is InChI=1S/C16H25NO2S/c1-12-7-5-6-8-13(12)20-11-15(19)17-14(9-10-18)16(2,3)4/h5-8,14,18H,9-11H2,1-4H3,(H,17,19). The second-order valence-electron chi connectivity index (χ2n) is 6.05. The van der Waals surface area contributed by atoms with Crippen LogP contribution in [0.4, 0.5) is 0 Å². The van der Waals surface area contributed by atoms with Crippen molar-refractivity contribution in [3.8, 4) is 0 Å². The highest BCUT2D eigenvalue weighted by atomic mass is 32.2. The molecule has 0 saturated carbocycles. The van der Waals surface area contributed by atoms with Crippen LogP contribution < -0.4 is 5.32 Å². The monoisotopic (exact) mass is 295 g/mol. The lowest BCUT2D eigenvalue weighted by Gasteiger charge is -2.31. The van der Waals surface area contributed by atoms with Crippen LogP contribution in [0.25, 0.3) is 0 Å². The minimum absolute atomic E-state index is 0.00234. The molecule has 112 valence electrons. The molecule has 0 saturated heterocycles. The van der Waals surface area contributed by atoms with Crippen molar-refractivity contribution < 1.29 is 9.90 Å². The molecule has 0 aliphatic heterocycles. The molecular formula is C16H25NO2S. The van der Waals surface area contributed by atoms with Crippen molar-refractivity contribution in [3.63, 3.8) is 0 Å². The summed E-state index contributed by atoms with van der Waals surface area (Å²) in [5, 5.41) is 12.1. The van der Waals surface area contributed by atoms with Crippen molar-refractivity contribution in [2.75, 3.05) is 12.4 Å². The molecule has 20 heavy (non-hydrogen) atoms. The highest BCUT2D eigenvalue weighted by Gasteiger charge is 2.25. The number of nitrogens with one attached hydrogen (secondary N) is 1. The molecule has 1 aromatic rings. The SMILES string of the molecule is Cc1ccccc1SCC(=O)NC(CCO)C(C)(C)C. The van der Waals surface area contributed by atoms with Gasteiger partial charge in [-0.05, 0) is 30.4 Å². The number of thioether (sulfide) groups is 1. The summed E-state index contributed by atoms with van der Waals surface area (Å²) in [5.41, 5.74) is 1.14. The normalized spacial score (nSPS) is 13.1. The van der Waals surface area contributed by atoms with Gasteiger partial charge in [0.25, 0.3) is 0 Å². The second kappa shape index (κ2) is 7.70. The topological polar surface area (TPSA) is 49.3 Å². The third kappa shape index (κ3) is 5.55. The number of aliphatic hydroxyl groups excluding tert-OH is 1. The lowest BCUT2D eigenvalue weighted by atomic mass is 9.85. The Morgan fingerprint density at radius 3 is 2.55 bits per heavy atom. The first-order valence-electron chi connectivity index (χ1n) is 6.93. The van der Waals surface area contributed by atoms with Crippen molar-refractivity contribution in [3.05, 3.63) is 29.8 Å². The van der Waals surface area contributed by atoms with Crippen molar-refractivity contribution in [1.82, 2.24) is 5.32 Å². The summed E-state index contributed by atoms with van der Waals surface area (Å²) in [6.07, 6.45) is 0.588. The van der Waals surface area contributed by atoms with Crippen molar-refractivity contribution in [2.45, 2.75) is 45.1 Å². The Kier molecular flexibility index (Phi) is 6.56. The van der Waals surface area contributed by atoms with Gasteiger partial charge in [-0.2, -0.15) is 0 Å². The molecule has 0 heterocycles. The van der Waals surface area contributed by atoms with Gasteiger partial charge in [0.2, 0.25) is 5.91 Å². The Bertz CT molecular complexity index is 440. The van der Waals surface area contributed by atoms with Gasteiger partial charge < -0.3 is 10.4 Å². The van der Waals surface area contributed by atoms with Crippen molar-refractivity contribution in [1.29, 1.82) is 0 Å². The molecule has 0 fully saturated rings. The van der Waals surface area contributed by atoms with Crippen LogP contribution in [-0.2, 0) is 4.79 Å². The van der Waals surface area contributed by atoms with Gasteiger partial charge in [-0.15, -0.1) is 11.8 Å². The largest absolute Gasteiger partial charge is 0.396 e. The van der Waals surface area contributed by atoms with Crippen molar-refractivity contribution in [2.24, 2.45) is 5.41 Å². The van der Waals surface area contributed by atoms with Gasteiger partial charge in [0.1, 0.15) is 0 Å². The number of carbonyl (C=O) groups excluding carboxylic acids is 1. The summed E-state index contributed by atoms with van der Waals surface area (Å²) < 4.78 is 0. The van der Waals surface area contributed by atoms with E-state index in [1.165, 1.54) is 5.56 Å². The Morgan fingerprint density at radius 1 is 1.35 bits per heavy atom. The van der Waals surface area contributed by atoms with Crippen LogP contribution in [0, 0.1) is 12.3 Å². The molecule has 0 bridgehead atoms. The average molecular weight is 295 g/mol. The minimum atomic E-state index is -0.0499. The molecule has 1 rings (SSSR count). The predicted octanol–water partition coefficient (Wildman–Crippen LogP) is 3.00. The zero-order chi connectivity index (χ0) is 15.2. The van der Waals surface area contributed by atoms with Crippen LogP contribution in [0.5, 0.6) is 0 Å². The molecular weight excluding hydrogens is 270 g/mol. The predicted molar refractivity (Wildman–Crippen MR) is 85.0 cm³/mol. The molecule has 2 N–H and O–H groups in total. The Balaban J connectivity index is 2.52. The lowest BCUT2D eigenvalue weighted by Crippen LogP contribution is -2.45. The fourth-order valence-electron chi connectivity index (χ4n) is 1.95. The minimum Gasteiger partial charge on any atom is -0.396 e. The molecule has 0 aromatic heterocycles. The van der Waals surface area contributed by atoms with E-state index in [1.807, 2.05) is 31.2 Å². The van der Waals surface area contributed by atoms with E-state index < -0.39 is 0 Å². The third-order valence-corrected chi connectivity index (χ3v) is 4.43. The molecule has 0 spiro atoms. The maximum absolute atomic E-state index is 12.0. The summed E-state index contributed by atoms with van der Waals surface area (Å²) in [4.78, 5) is 13.2. The van der Waals surface area contributed by atoms with Crippen LogP contribution in [0.2, 0.25) is 0 Å². The molecule has 4 heteroatoms. The summed E-state index contributed by atoms with van der Waals surface area (Å²) in [7, 11) is 0. The van der Waals surface area contributed by atoms with Gasteiger partial charge in [0.05, 0.1) is 5.75 Å². The first-order chi connectivity index (χ1) is 9.34. The zero-order valence-electron chi connectivity index (χ0n) is 12.8. The maximum Gasteiger partial charge on any atom is 0.230 e. The van der Waals surface area contributed by atoms with E-state index >= 15 is 0 Å². The van der Waals surface area contributed by atoms with E-state index in [2.05, 4.69) is 26.1 Å². The number of carbonyl (C=O) groups is 1. The van der Waals surface area contributed by atoms with Crippen LogP contribution in [0.3, 0.4) is 0 Å².